The zero-order chi connectivity index (χ0) is 25.3. The van der Waals surface area contributed by atoms with Gasteiger partial charge in [-0.25, -0.2) is 13.2 Å². The van der Waals surface area contributed by atoms with Crippen LogP contribution >= 0.6 is 0 Å². The molecule has 188 valence electrons. The maximum atomic E-state index is 14.7. The van der Waals surface area contributed by atoms with Gasteiger partial charge in [0, 0.05) is 0 Å². The maximum absolute atomic E-state index is 14.7. The van der Waals surface area contributed by atoms with Crippen LogP contribution in [0.5, 0.6) is 5.75 Å². The van der Waals surface area contributed by atoms with E-state index in [4.69, 9.17) is 4.74 Å². The second-order valence-electron chi connectivity index (χ2n) is 8.85. The molecule has 0 saturated carbocycles. The van der Waals surface area contributed by atoms with Crippen molar-refractivity contribution in [2.75, 3.05) is 0 Å². The molecule has 0 atom stereocenters. The lowest BCUT2D eigenvalue weighted by Crippen LogP contribution is -2.21. The van der Waals surface area contributed by atoms with Gasteiger partial charge in [0.15, 0.2) is 17.5 Å². The highest BCUT2D eigenvalue weighted by atomic mass is 19.3. The molecule has 0 unspecified atom stereocenters. The van der Waals surface area contributed by atoms with Gasteiger partial charge in [-0.2, -0.15) is 8.78 Å². The summed E-state index contributed by atoms with van der Waals surface area (Å²) in [5, 5.41) is 0. The average molecular weight is 491 g/mol. The first-order chi connectivity index (χ1) is 16.8. The van der Waals surface area contributed by atoms with Crippen LogP contribution in [0.25, 0.3) is 0 Å². The van der Waals surface area contributed by atoms with Gasteiger partial charge in [0.05, 0.1) is 5.56 Å². The van der Waals surface area contributed by atoms with Crippen LogP contribution in [-0.4, -0.2) is 0 Å². The second kappa shape index (κ2) is 12.7. The van der Waals surface area contributed by atoms with E-state index in [-0.39, 0.29) is 17.7 Å². The SMILES string of the molecule is CCCCCCCCc1ccc(C(F)(F)Oc2ccc(CCc3cc(F)c(F)c(F)c3)cc2)cc1. The van der Waals surface area contributed by atoms with E-state index in [1.807, 2.05) is 0 Å². The Morgan fingerprint density at radius 2 is 1.14 bits per heavy atom. The Kier molecular flexibility index (Phi) is 9.70. The lowest BCUT2D eigenvalue weighted by atomic mass is 10.0. The van der Waals surface area contributed by atoms with Gasteiger partial charge in [-0.15, -0.1) is 0 Å². The van der Waals surface area contributed by atoms with Crippen LogP contribution in [-0.2, 0) is 25.4 Å². The summed E-state index contributed by atoms with van der Waals surface area (Å²) in [6, 6.07) is 14.3. The van der Waals surface area contributed by atoms with E-state index in [9.17, 15) is 22.0 Å². The van der Waals surface area contributed by atoms with E-state index in [1.165, 1.54) is 49.9 Å². The van der Waals surface area contributed by atoms with Gasteiger partial charge in [0.1, 0.15) is 5.75 Å². The fraction of sp³-hybridized carbons (Fsp3) is 0.379. The normalized spacial score (nSPS) is 11.6. The summed E-state index contributed by atoms with van der Waals surface area (Å²) >= 11 is 0. The number of unbranched alkanes of at least 4 members (excludes halogenated alkanes) is 5. The summed E-state index contributed by atoms with van der Waals surface area (Å²) < 4.78 is 74.0. The summed E-state index contributed by atoms with van der Waals surface area (Å²) in [6.45, 7) is 2.18. The molecule has 0 aliphatic rings. The first-order valence-corrected chi connectivity index (χ1v) is 12.2. The highest BCUT2D eigenvalue weighted by molar-refractivity contribution is 5.31. The molecular formula is C29H31F5O. The third-order valence-electron chi connectivity index (χ3n) is 6.02. The molecule has 0 fully saturated rings. The van der Waals surface area contributed by atoms with E-state index >= 15 is 0 Å². The van der Waals surface area contributed by atoms with Gasteiger partial charge in [-0.1, -0.05) is 63.3 Å². The lowest BCUT2D eigenvalue weighted by molar-refractivity contribution is -0.185. The Hall–Kier alpha value is -2.89. The Morgan fingerprint density at radius 3 is 1.77 bits per heavy atom. The zero-order valence-electron chi connectivity index (χ0n) is 19.9. The van der Waals surface area contributed by atoms with E-state index in [1.54, 1.807) is 24.3 Å². The van der Waals surface area contributed by atoms with Crippen molar-refractivity contribution in [2.45, 2.75) is 70.8 Å². The van der Waals surface area contributed by atoms with Crippen molar-refractivity contribution in [1.29, 1.82) is 0 Å². The Balaban J connectivity index is 1.51. The zero-order valence-corrected chi connectivity index (χ0v) is 19.9. The number of aryl methyl sites for hydroxylation is 3. The van der Waals surface area contributed by atoms with Gasteiger partial charge < -0.3 is 4.74 Å². The summed E-state index contributed by atoms with van der Waals surface area (Å²) in [5.74, 6) is -3.96. The fourth-order valence-electron chi connectivity index (χ4n) is 3.95. The number of ether oxygens (including phenoxy) is 1. The second-order valence-corrected chi connectivity index (χ2v) is 8.85. The van der Waals surface area contributed by atoms with E-state index in [0.29, 0.717) is 12.0 Å². The van der Waals surface area contributed by atoms with Gasteiger partial charge in [-0.05, 0) is 78.8 Å². The lowest BCUT2D eigenvalue weighted by Gasteiger charge is -2.19. The predicted octanol–water partition coefficient (Wildman–Crippen LogP) is 8.92. The van der Waals surface area contributed by atoms with E-state index in [0.717, 1.165) is 42.5 Å². The van der Waals surface area contributed by atoms with Gasteiger partial charge in [0.25, 0.3) is 0 Å². The van der Waals surface area contributed by atoms with Gasteiger partial charge in [0.2, 0.25) is 0 Å². The number of halogens is 5. The smallest absolute Gasteiger partial charge is 0.426 e. The number of hydrogen-bond acceptors (Lipinski definition) is 1. The molecule has 3 aromatic rings. The molecule has 0 aliphatic heterocycles. The predicted molar refractivity (Wildman–Crippen MR) is 128 cm³/mol. The molecule has 3 rings (SSSR count). The van der Waals surface area contributed by atoms with E-state index in [2.05, 4.69) is 6.92 Å². The molecule has 0 saturated heterocycles. The molecule has 0 bridgehead atoms. The third kappa shape index (κ3) is 8.08. The van der Waals surface area contributed by atoms with Crippen molar-refractivity contribution in [3.8, 4) is 5.75 Å². The van der Waals surface area contributed by atoms with Crippen molar-refractivity contribution in [2.24, 2.45) is 0 Å². The van der Waals surface area contributed by atoms with Crippen molar-refractivity contribution < 1.29 is 26.7 Å². The minimum absolute atomic E-state index is 0.00813. The van der Waals surface area contributed by atoms with Crippen molar-refractivity contribution in [3.05, 3.63) is 100 Å². The standard InChI is InChI=1S/C29H31F5O/c1-2-3-4-5-6-7-8-21-11-15-24(16-12-21)29(33,34)35-25-17-13-22(14-18-25)9-10-23-19-26(30)28(32)27(31)20-23/h11-20H,2-10H2,1H3. The van der Waals surface area contributed by atoms with Gasteiger partial charge in [-0.3, -0.25) is 0 Å². The number of hydrogen-bond donors (Lipinski definition) is 0. The van der Waals surface area contributed by atoms with Crippen molar-refractivity contribution in [3.63, 3.8) is 0 Å². The van der Waals surface area contributed by atoms with Crippen LogP contribution in [0.3, 0.4) is 0 Å². The largest absolute Gasteiger partial charge is 0.429 e. The average Bonchev–Trinajstić information content (AvgIpc) is 2.84. The molecule has 0 heterocycles. The molecule has 1 nitrogen and oxygen atoms in total. The van der Waals surface area contributed by atoms with Crippen LogP contribution in [0.4, 0.5) is 22.0 Å². The minimum Gasteiger partial charge on any atom is -0.429 e. The highest BCUT2D eigenvalue weighted by Crippen LogP contribution is 2.32. The number of alkyl halides is 2. The Bertz CT molecular complexity index is 1040. The Labute approximate surface area is 204 Å². The van der Waals surface area contributed by atoms with Crippen LogP contribution in [0.2, 0.25) is 0 Å². The summed E-state index contributed by atoms with van der Waals surface area (Å²) in [7, 11) is 0. The minimum atomic E-state index is -3.48. The monoisotopic (exact) mass is 490 g/mol. The quantitative estimate of drug-likeness (QED) is 0.132. The molecule has 0 amide bonds. The molecular weight excluding hydrogens is 459 g/mol. The molecule has 0 aliphatic carbocycles. The fourth-order valence-corrected chi connectivity index (χ4v) is 3.95. The first-order valence-electron chi connectivity index (χ1n) is 12.2. The van der Waals surface area contributed by atoms with E-state index < -0.39 is 23.6 Å². The summed E-state index contributed by atoms with van der Waals surface area (Å²) in [5.41, 5.74) is 1.90. The summed E-state index contributed by atoms with van der Waals surface area (Å²) in [6.07, 6.45) is 5.18. The number of benzene rings is 3. The van der Waals surface area contributed by atoms with Gasteiger partial charge >= 0.3 is 6.11 Å². The topological polar surface area (TPSA) is 9.23 Å². The Morgan fingerprint density at radius 1 is 0.629 bits per heavy atom. The molecule has 0 radical (unpaired) electrons. The molecule has 35 heavy (non-hydrogen) atoms. The van der Waals surface area contributed by atoms with Crippen molar-refractivity contribution in [1.82, 2.24) is 0 Å². The first kappa shape index (κ1) is 26.7. The number of rotatable bonds is 13. The molecule has 0 spiro atoms. The molecule has 3 aromatic carbocycles. The van der Waals surface area contributed by atoms with Crippen LogP contribution in [0.1, 0.15) is 67.7 Å². The maximum Gasteiger partial charge on any atom is 0.426 e. The van der Waals surface area contributed by atoms with Crippen molar-refractivity contribution >= 4 is 0 Å². The molecule has 6 heteroatoms. The summed E-state index contributed by atoms with van der Waals surface area (Å²) in [4.78, 5) is 0. The van der Waals surface area contributed by atoms with Crippen LogP contribution in [0.15, 0.2) is 60.7 Å². The third-order valence-corrected chi connectivity index (χ3v) is 6.02. The highest BCUT2D eigenvalue weighted by Gasteiger charge is 2.34. The molecule has 0 N–H and O–H groups in total. The molecule has 0 aromatic heterocycles. The van der Waals surface area contributed by atoms with Crippen LogP contribution < -0.4 is 4.74 Å². The van der Waals surface area contributed by atoms with Crippen LogP contribution in [0, 0.1) is 17.5 Å².